The number of allylic oxidation sites excluding steroid dienone is 3. The lowest BCUT2D eigenvalue weighted by Crippen LogP contribution is -2.67. The first kappa shape index (κ1) is 66.4. The first-order valence-electron chi connectivity index (χ1n) is 28.7. The van der Waals surface area contributed by atoms with E-state index in [9.17, 15) is 76.7 Å². The molecule has 5 saturated heterocycles. The molecular weight excluding hydrogens is 1160 g/mol. The number of fused-ring (bicyclic) bond motifs is 4. The van der Waals surface area contributed by atoms with Crippen molar-refractivity contribution in [3.63, 3.8) is 0 Å². The fourth-order valence-electron chi connectivity index (χ4n) is 16.2. The molecule has 0 radical (unpaired) electrons. The Hall–Kier alpha value is -2.03. The molecule has 84 heavy (non-hydrogen) atoms. The van der Waals surface area contributed by atoms with E-state index in [0.717, 1.165) is 31.9 Å². The molecule has 0 aromatic carbocycles. The number of rotatable bonds is 18. The molecule has 0 amide bonds. The lowest BCUT2D eigenvalue weighted by molar-refractivity contribution is -0.389. The summed E-state index contributed by atoms with van der Waals surface area (Å²) in [4.78, 5) is 14.4. The van der Waals surface area contributed by atoms with Crippen molar-refractivity contribution in [3.8, 4) is 0 Å². The van der Waals surface area contributed by atoms with Crippen LogP contribution in [0.1, 0.15) is 107 Å². The Morgan fingerprint density at radius 2 is 1.33 bits per heavy atom. The van der Waals surface area contributed by atoms with E-state index >= 15 is 0 Å². The van der Waals surface area contributed by atoms with Crippen LogP contribution in [-0.2, 0) is 81.3 Å². The van der Waals surface area contributed by atoms with Crippen LogP contribution in [0.4, 0.5) is 0 Å². The maximum absolute atomic E-state index is 14.4. The van der Waals surface area contributed by atoms with Crippen molar-refractivity contribution in [2.24, 2.45) is 39.4 Å². The zero-order valence-electron chi connectivity index (χ0n) is 48.5. The van der Waals surface area contributed by atoms with Gasteiger partial charge >= 0.3 is 26.8 Å². The van der Waals surface area contributed by atoms with Crippen molar-refractivity contribution in [1.29, 1.82) is 0 Å². The fraction of sp³-hybridized carbons (Fsp3) is 0.907. The molecule has 5 aliphatic heterocycles. The van der Waals surface area contributed by atoms with Gasteiger partial charge in [0, 0.05) is 18.4 Å². The summed E-state index contributed by atoms with van der Waals surface area (Å²) < 4.78 is 135. The Morgan fingerprint density at radius 3 is 1.96 bits per heavy atom. The highest BCUT2D eigenvalue weighted by Gasteiger charge is 2.77. The van der Waals surface area contributed by atoms with Crippen molar-refractivity contribution in [2.75, 3.05) is 26.9 Å². The lowest BCUT2D eigenvalue weighted by atomic mass is 9.40. The number of hydrogen-bond acceptors (Lipinski definition) is 26. The lowest BCUT2D eigenvalue weighted by Gasteiger charge is -2.64. The highest BCUT2D eigenvalue weighted by Crippen LogP contribution is 2.76. The van der Waals surface area contributed by atoms with Gasteiger partial charge in [-0.2, -0.15) is 16.8 Å². The van der Waals surface area contributed by atoms with Crippen LogP contribution in [0.15, 0.2) is 23.3 Å². The average molecular weight is 1250 g/mol. The monoisotopic (exact) mass is 1250 g/mol. The molecule has 11 N–H and O–H groups in total. The minimum absolute atomic E-state index is 0.0101. The molecule has 28 atom stereocenters. The second-order valence-corrected chi connectivity index (χ2v) is 28.1. The molecule has 4 aliphatic carbocycles. The van der Waals surface area contributed by atoms with Gasteiger partial charge in [0.25, 0.3) is 0 Å². The minimum Gasteiger partial charge on any atom is -0.456 e. The highest BCUT2D eigenvalue weighted by molar-refractivity contribution is 7.81. The van der Waals surface area contributed by atoms with Gasteiger partial charge in [-0.05, 0) is 102 Å². The third-order valence-electron chi connectivity index (χ3n) is 20.7. The first-order chi connectivity index (χ1) is 39.1. The number of cyclic esters (lactones) is 1. The molecule has 8 fully saturated rings. The van der Waals surface area contributed by atoms with Crippen LogP contribution in [-0.4, -0.2) is 239 Å². The normalized spacial score (nSPS) is 48.9. The standard InChI is InChI=1S/C54H86O28S2/c1-23(2)10-13-32(56)53(8)31-15-18-52(7)26-11-12-30-50(4,5)33(16-17-51(30,6)25(26)14-19-54(31,52)49(64)81-53)77-48-44(36(59)29(21-72-48)82-84(68,69)70)80-45-38(61)37(60)41(24(3)74-45)78-47-40(63)43(35(58)28(76-47)22-73-83(65,66)67)79-46-39(62)42(71-9)34(57)27(20-55)75-46/h10-11,24-25,27-48,55-63H,12-22H2,1-9H3,(H,65,66,67)(H,68,69,70)/t24-,25-,27-,28-,29-,30+,31-,32?,33+,34-,35-,36+,37-,38-,39-,40-,41-,42+,43+,44-,45+,46+,47+,48+,51-,52+,53-,54-/m1/s1. The zero-order valence-corrected chi connectivity index (χ0v) is 50.1. The predicted molar refractivity (Wildman–Crippen MR) is 283 cm³/mol. The third-order valence-corrected chi connectivity index (χ3v) is 21.6. The van der Waals surface area contributed by atoms with Crippen LogP contribution < -0.4 is 0 Å². The molecule has 0 aromatic heterocycles. The summed E-state index contributed by atoms with van der Waals surface area (Å²) in [5.41, 5.74) is -0.974. The van der Waals surface area contributed by atoms with Crippen molar-refractivity contribution in [3.05, 3.63) is 23.3 Å². The van der Waals surface area contributed by atoms with Crippen molar-refractivity contribution in [1.82, 2.24) is 0 Å². The van der Waals surface area contributed by atoms with Crippen LogP contribution in [0.3, 0.4) is 0 Å². The van der Waals surface area contributed by atoms with E-state index in [1.165, 1.54) is 12.5 Å². The molecule has 5 heterocycles. The fourth-order valence-corrected chi connectivity index (χ4v) is 17.0. The number of aliphatic hydroxyl groups excluding tert-OH is 9. The van der Waals surface area contributed by atoms with Gasteiger partial charge in [-0.25, -0.2) is 8.37 Å². The van der Waals surface area contributed by atoms with Crippen molar-refractivity contribution in [2.45, 2.75) is 241 Å². The largest absolute Gasteiger partial charge is 0.456 e. The van der Waals surface area contributed by atoms with Crippen LogP contribution >= 0.6 is 0 Å². The summed E-state index contributed by atoms with van der Waals surface area (Å²) in [6.07, 6.45) is -26.6. The van der Waals surface area contributed by atoms with Crippen LogP contribution in [0.2, 0.25) is 0 Å². The van der Waals surface area contributed by atoms with Gasteiger partial charge in [0.1, 0.15) is 91.1 Å². The number of carbonyl (C=O) groups excluding carboxylic acids is 1. The summed E-state index contributed by atoms with van der Waals surface area (Å²) in [5.74, 6) is -0.343. The molecule has 30 heteroatoms. The second kappa shape index (κ2) is 24.3. The first-order valence-corrected chi connectivity index (χ1v) is 31.4. The molecular formula is C54H86O28S2. The summed E-state index contributed by atoms with van der Waals surface area (Å²) in [6, 6.07) is 0. The Balaban J connectivity index is 0.915. The molecule has 1 unspecified atom stereocenters. The van der Waals surface area contributed by atoms with E-state index in [4.69, 9.17) is 51.6 Å². The number of hydrogen-bond donors (Lipinski definition) is 11. The van der Waals surface area contributed by atoms with Crippen LogP contribution in [0.25, 0.3) is 0 Å². The Labute approximate surface area is 488 Å². The maximum atomic E-state index is 14.4. The van der Waals surface area contributed by atoms with Gasteiger partial charge in [0.15, 0.2) is 25.2 Å². The highest BCUT2D eigenvalue weighted by atomic mass is 32.3. The Kier molecular flexibility index (Phi) is 19.2. The van der Waals surface area contributed by atoms with E-state index < -0.39 is 191 Å². The van der Waals surface area contributed by atoms with E-state index in [-0.39, 0.29) is 29.1 Å². The van der Waals surface area contributed by atoms with E-state index in [2.05, 4.69) is 38.0 Å². The van der Waals surface area contributed by atoms with Gasteiger partial charge in [0.05, 0.1) is 43.5 Å². The molecule has 28 nitrogen and oxygen atoms in total. The molecule has 1 spiro atoms. The van der Waals surface area contributed by atoms with Gasteiger partial charge < -0.3 is 93.3 Å². The van der Waals surface area contributed by atoms with Gasteiger partial charge in [-0.3, -0.25) is 13.9 Å². The Morgan fingerprint density at radius 1 is 0.714 bits per heavy atom. The topological polar surface area (TPSA) is 419 Å². The number of aliphatic hydroxyl groups is 9. The smallest absolute Gasteiger partial charge is 0.397 e. The third kappa shape index (κ3) is 11.8. The van der Waals surface area contributed by atoms with E-state index in [1.54, 1.807) is 0 Å². The Bertz CT molecular complexity index is 2660. The minimum atomic E-state index is -5.21. The summed E-state index contributed by atoms with van der Waals surface area (Å²) >= 11 is 0. The van der Waals surface area contributed by atoms with Crippen molar-refractivity contribution < 1.29 is 132 Å². The number of ether oxygens (including phenoxy) is 10. The predicted octanol–water partition coefficient (Wildman–Crippen LogP) is -0.763. The molecule has 3 saturated carbocycles. The molecule has 482 valence electrons. The molecule has 0 bridgehead atoms. The van der Waals surface area contributed by atoms with Crippen LogP contribution in [0, 0.1) is 39.4 Å². The maximum Gasteiger partial charge on any atom is 0.397 e. The molecule has 9 rings (SSSR count). The number of methoxy groups -OCH3 is 1. The SMILES string of the molecule is CO[C@@H]1[C@@H](O)[C@H](O[C@@H]2[C@@H](O)[C@H](O[C@H]3[C@H](O)[C@@H](O)[C@H](O[C@H]4[C@H](O[C@H]5CC[C@]6(C)[C@@H]7CC[C@]89C(=O)O[C@@](C)(C(O)CC=C(C)C)[C@H]8CC[C@@]9(C)C7=CC[C@H]6C5(C)C)OC[C@@H](OS(=O)(=O)O)[C@@H]4O)O[C@@H]3C)O[C@H](COS(=O)(=O)O)[C@H]2O)O[C@H](CO)[C@H]1O. The molecule has 9 aliphatic rings. The summed E-state index contributed by atoms with van der Waals surface area (Å²) in [7, 11) is -9.25. The van der Waals surface area contributed by atoms with E-state index in [0.29, 0.717) is 32.1 Å². The van der Waals surface area contributed by atoms with Gasteiger partial charge in [-0.15, -0.1) is 0 Å². The van der Waals surface area contributed by atoms with Crippen LogP contribution in [0.5, 0.6) is 0 Å². The zero-order chi connectivity index (χ0) is 61.8. The van der Waals surface area contributed by atoms with E-state index in [1.807, 2.05) is 26.8 Å². The van der Waals surface area contributed by atoms with Gasteiger partial charge in [0.2, 0.25) is 0 Å². The quantitative estimate of drug-likeness (QED) is 0.0456. The van der Waals surface area contributed by atoms with Crippen molar-refractivity contribution >= 4 is 26.8 Å². The molecule has 0 aromatic rings. The summed E-state index contributed by atoms with van der Waals surface area (Å²) in [6.45, 7) is 13.2. The second-order valence-electron chi connectivity index (χ2n) is 25.9. The van der Waals surface area contributed by atoms with Gasteiger partial charge in [-0.1, -0.05) is 51.0 Å². The number of carbonyl (C=O) groups is 1. The summed E-state index contributed by atoms with van der Waals surface area (Å²) in [5, 5.41) is 101. The number of esters is 1. The average Bonchev–Trinajstić information content (AvgIpc) is 1.45.